The molecule has 11 nitrogen and oxygen atoms in total. The number of hydrogen-bond acceptors (Lipinski definition) is 9. The minimum Gasteiger partial charge on any atom is -0.384 e. The van der Waals surface area contributed by atoms with Crippen LogP contribution in [0, 0.1) is 0 Å². The highest BCUT2D eigenvalue weighted by Gasteiger charge is 2.27. The summed E-state index contributed by atoms with van der Waals surface area (Å²) in [6.07, 6.45) is 0. The lowest BCUT2D eigenvalue weighted by Gasteiger charge is -2.33. The molecule has 2 heterocycles. The van der Waals surface area contributed by atoms with Gasteiger partial charge in [0, 0.05) is 46.4 Å². The lowest BCUT2D eigenvalue weighted by Crippen LogP contribution is -2.50. The van der Waals surface area contributed by atoms with Gasteiger partial charge in [0.05, 0.1) is 12.4 Å². The summed E-state index contributed by atoms with van der Waals surface area (Å²) < 4.78 is 62.8. The van der Waals surface area contributed by atoms with Gasteiger partial charge < -0.3 is 4.74 Å². The second kappa shape index (κ2) is 8.80. The van der Waals surface area contributed by atoms with E-state index in [1.807, 2.05) is 4.90 Å². The summed E-state index contributed by atoms with van der Waals surface area (Å²) in [6.45, 7) is 2.66. The van der Waals surface area contributed by atoms with E-state index in [2.05, 4.69) is 19.7 Å². The molecule has 0 radical (unpaired) electrons. The number of piperazine rings is 1. The van der Waals surface area contributed by atoms with E-state index in [0.29, 0.717) is 38.2 Å². The first-order valence-electron chi connectivity index (χ1n) is 8.73. The van der Waals surface area contributed by atoms with E-state index in [9.17, 15) is 16.8 Å². The number of benzene rings is 1. The van der Waals surface area contributed by atoms with Gasteiger partial charge in [-0.2, -0.15) is 4.31 Å². The minimum atomic E-state index is -3.76. The molecular weight excluding hydrogens is 410 g/mol. The standard InChI is InChI=1S/C15H23N5O6S2/c1-25-11-12-27(21,22)20-9-7-19(8-10-20)6-5-16-28(23,24)14-4-2-3-13-15(14)18-26-17-13/h2-4,16H,5-12H2,1H3. The Bertz CT molecular complexity index is 999. The van der Waals surface area contributed by atoms with Crippen molar-refractivity contribution in [3.05, 3.63) is 18.2 Å². The Hall–Kier alpha value is -1.64. The summed E-state index contributed by atoms with van der Waals surface area (Å²) in [5.74, 6) is -0.0360. The molecule has 1 aromatic heterocycles. The summed E-state index contributed by atoms with van der Waals surface area (Å²) >= 11 is 0. The van der Waals surface area contributed by atoms with Gasteiger partial charge in [0.15, 0.2) is 5.52 Å². The third-order valence-corrected chi connectivity index (χ3v) is 7.86. The van der Waals surface area contributed by atoms with Crippen LogP contribution < -0.4 is 4.72 Å². The SMILES string of the molecule is COCCS(=O)(=O)N1CCN(CCNS(=O)(=O)c2cccc3nonc23)CC1. The van der Waals surface area contributed by atoms with Crippen molar-refractivity contribution in [2.75, 3.05) is 58.7 Å². The lowest BCUT2D eigenvalue weighted by atomic mass is 10.3. The summed E-state index contributed by atoms with van der Waals surface area (Å²) in [5, 5.41) is 7.29. The molecule has 0 unspecified atom stereocenters. The molecule has 1 aliphatic heterocycles. The summed E-state index contributed by atoms with van der Waals surface area (Å²) in [5.41, 5.74) is 0.554. The average molecular weight is 434 g/mol. The highest BCUT2D eigenvalue weighted by molar-refractivity contribution is 7.89. The third-order valence-electron chi connectivity index (χ3n) is 4.53. The zero-order valence-electron chi connectivity index (χ0n) is 15.4. The number of sulfonamides is 2. The van der Waals surface area contributed by atoms with Crippen molar-refractivity contribution in [1.29, 1.82) is 0 Å². The first kappa shape index (κ1) is 21.1. The van der Waals surface area contributed by atoms with Gasteiger partial charge >= 0.3 is 0 Å². The second-order valence-electron chi connectivity index (χ2n) is 6.34. The molecular formula is C15H23N5O6S2. The first-order chi connectivity index (χ1) is 13.3. The molecule has 156 valence electrons. The Morgan fingerprint density at radius 3 is 2.61 bits per heavy atom. The van der Waals surface area contributed by atoms with Gasteiger partial charge in [-0.15, -0.1) is 0 Å². The number of aromatic nitrogens is 2. The zero-order chi connectivity index (χ0) is 20.2. The molecule has 0 aliphatic carbocycles. The van der Waals surface area contributed by atoms with Crippen molar-refractivity contribution in [2.45, 2.75) is 4.90 Å². The Balaban J connectivity index is 1.50. The maximum Gasteiger partial charge on any atom is 0.242 e. The largest absolute Gasteiger partial charge is 0.384 e. The maximum atomic E-state index is 12.5. The Labute approximate surface area is 163 Å². The molecule has 28 heavy (non-hydrogen) atoms. The fourth-order valence-electron chi connectivity index (χ4n) is 2.96. The normalized spacial score (nSPS) is 17.3. The van der Waals surface area contributed by atoms with Gasteiger partial charge in [-0.3, -0.25) is 4.90 Å². The van der Waals surface area contributed by atoms with Crippen molar-refractivity contribution in [3.8, 4) is 0 Å². The number of methoxy groups -OCH3 is 1. The minimum absolute atomic E-state index is 0.0142. The Morgan fingerprint density at radius 2 is 1.89 bits per heavy atom. The monoisotopic (exact) mass is 433 g/mol. The lowest BCUT2D eigenvalue weighted by molar-refractivity contribution is 0.187. The highest BCUT2D eigenvalue weighted by Crippen LogP contribution is 2.19. The number of hydrogen-bond donors (Lipinski definition) is 1. The molecule has 3 rings (SSSR count). The van der Waals surface area contributed by atoms with E-state index >= 15 is 0 Å². The fraction of sp³-hybridized carbons (Fsp3) is 0.600. The van der Waals surface area contributed by atoms with Crippen LogP contribution in [0.3, 0.4) is 0 Å². The molecule has 13 heteroatoms. The van der Waals surface area contributed by atoms with Crippen LogP contribution >= 0.6 is 0 Å². The third kappa shape index (κ3) is 4.85. The van der Waals surface area contributed by atoms with Gasteiger partial charge in [-0.05, 0) is 22.4 Å². The predicted molar refractivity (Wildman–Crippen MR) is 101 cm³/mol. The molecule has 1 fully saturated rings. The summed E-state index contributed by atoms with van der Waals surface area (Å²) in [4.78, 5) is 2.03. The fourth-order valence-corrected chi connectivity index (χ4v) is 5.49. The van der Waals surface area contributed by atoms with E-state index in [1.54, 1.807) is 12.1 Å². The molecule has 2 aromatic rings. The van der Waals surface area contributed by atoms with Crippen LogP contribution in [0.1, 0.15) is 0 Å². The predicted octanol–water partition coefficient (Wildman–Crippen LogP) is -0.905. The van der Waals surface area contributed by atoms with Crippen LogP contribution in [0.4, 0.5) is 0 Å². The molecule has 0 saturated carbocycles. The highest BCUT2D eigenvalue weighted by atomic mass is 32.2. The number of rotatable bonds is 9. The van der Waals surface area contributed by atoms with Gasteiger partial charge in [0.25, 0.3) is 0 Å². The van der Waals surface area contributed by atoms with Crippen LogP contribution in [0.15, 0.2) is 27.7 Å². The van der Waals surface area contributed by atoms with Crippen molar-refractivity contribution in [1.82, 2.24) is 24.2 Å². The van der Waals surface area contributed by atoms with Crippen LogP contribution in [0.5, 0.6) is 0 Å². The molecule has 0 spiro atoms. The van der Waals surface area contributed by atoms with Crippen molar-refractivity contribution >= 4 is 31.1 Å². The van der Waals surface area contributed by atoms with Gasteiger partial charge in [0.2, 0.25) is 20.0 Å². The van der Waals surface area contributed by atoms with Crippen molar-refractivity contribution in [3.63, 3.8) is 0 Å². The van der Waals surface area contributed by atoms with E-state index in [0.717, 1.165) is 0 Å². The van der Waals surface area contributed by atoms with E-state index in [-0.39, 0.29) is 29.3 Å². The first-order valence-corrected chi connectivity index (χ1v) is 11.8. The molecule has 0 atom stereocenters. The molecule has 0 amide bonds. The Morgan fingerprint density at radius 1 is 1.14 bits per heavy atom. The molecule has 0 bridgehead atoms. The number of ether oxygens (including phenoxy) is 1. The van der Waals surface area contributed by atoms with E-state index in [1.165, 1.54) is 17.5 Å². The van der Waals surface area contributed by atoms with Crippen LogP contribution in [0.25, 0.3) is 11.0 Å². The van der Waals surface area contributed by atoms with E-state index < -0.39 is 20.0 Å². The van der Waals surface area contributed by atoms with Crippen LogP contribution in [0.2, 0.25) is 0 Å². The number of nitrogens with zero attached hydrogens (tertiary/aromatic N) is 4. The Kier molecular flexibility index (Phi) is 6.62. The van der Waals surface area contributed by atoms with Crippen LogP contribution in [-0.4, -0.2) is 95.1 Å². The molecule has 1 N–H and O–H groups in total. The van der Waals surface area contributed by atoms with Gasteiger partial charge in [-0.25, -0.2) is 26.2 Å². The number of fused-ring (bicyclic) bond motifs is 1. The molecule has 1 aromatic carbocycles. The quantitative estimate of drug-likeness (QED) is 0.533. The van der Waals surface area contributed by atoms with Crippen LogP contribution in [-0.2, 0) is 24.8 Å². The van der Waals surface area contributed by atoms with Gasteiger partial charge in [-0.1, -0.05) is 6.07 Å². The number of nitrogens with one attached hydrogen (secondary N) is 1. The van der Waals surface area contributed by atoms with Gasteiger partial charge in [0.1, 0.15) is 10.4 Å². The van der Waals surface area contributed by atoms with Crippen molar-refractivity contribution < 1.29 is 26.2 Å². The molecule has 1 aliphatic rings. The van der Waals surface area contributed by atoms with Crippen molar-refractivity contribution in [2.24, 2.45) is 0 Å². The smallest absolute Gasteiger partial charge is 0.242 e. The summed E-state index contributed by atoms with van der Waals surface area (Å²) in [6, 6.07) is 4.63. The maximum absolute atomic E-state index is 12.5. The second-order valence-corrected chi connectivity index (χ2v) is 10.2. The zero-order valence-corrected chi connectivity index (χ0v) is 17.1. The molecule has 1 saturated heterocycles. The average Bonchev–Trinajstić information content (AvgIpc) is 3.15. The van der Waals surface area contributed by atoms with E-state index in [4.69, 9.17) is 4.74 Å². The summed E-state index contributed by atoms with van der Waals surface area (Å²) in [7, 11) is -5.61. The topological polar surface area (TPSA) is 135 Å².